The smallest absolute Gasteiger partial charge is 0.228 e. The third-order valence-electron chi connectivity index (χ3n) is 6.81. The molecule has 1 amide bonds. The summed E-state index contributed by atoms with van der Waals surface area (Å²) in [4.78, 5) is 30.5. The fourth-order valence-electron chi connectivity index (χ4n) is 5.27. The summed E-state index contributed by atoms with van der Waals surface area (Å²) in [6.07, 6.45) is 7.42. The molecule has 2 fully saturated rings. The van der Waals surface area contributed by atoms with Crippen LogP contribution in [-0.2, 0) is 4.79 Å². The lowest BCUT2D eigenvalue weighted by Gasteiger charge is -2.18. The van der Waals surface area contributed by atoms with Gasteiger partial charge in [0.05, 0.1) is 12.5 Å². The Kier molecular flexibility index (Phi) is 4.27. The number of aromatic nitrogens is 6. The van der Waals surface area contributed by atoms with Crippen LogP contribution >= 0.6 is 0 Å². The van der Waals surface area contributed by atoms with Crippen molar-refractivity contribution in [3.63, 3.8) is 0 Å². The topological polar surface area (TPSA) is 113 Å². The Morgan fingerprint density at radius 2 is 2.03 bits per heavy atom. The minimum atomic E-state index is 0.174. The Morgan fingerprint density at radius 1 is 1.22 bits per heavy atom. The van der Waals surface area contributed by atoms with E-state index in [-0.39, 0.29) is 5.91 Å². The Hall–Kier alpha value is -3.69. The molecule has 6 rings (SSSR count). The molecule has 1 aliphatic heterocycles. The molecule has 2 aliphatic rings. The number of nitrogens with one attached hydrogen (secondary N) is 2. The first-order valence-corrected chi connectivity index (χ1v) is 10.8. The molecule has 0 bridgehead atoms. The first-order valence-electron chi connectivity index (χ1n) is 10.8. The third kappa shape index (κ3) is 3.05. The molecule has 10 nitrogen and oxygen atoms in total. The maximum Gasteiger partial charge on any atom is 0.228 e. The fraction of sp³-hybridized carbons (Fsp3) is 0.409. The number of anilines is 1. The van der Waals surface area contributed by atoms with E-state index in [2.05, 4.69) is 25.4 Å². The van der Waals surface area contributed by atoms with E-state index >= 15 is 0 Å². The second kappa shape index (κ2) is 7.18. The standard InChI is InChI=1S/C22H24N8O2/c1-12(31)29-8-14-5-16(6-15(14)9-29)26-22-27-20-19(21(28-22)32-2)17(7-23-20)13-3-4-18-24-11-25-30(18)10-13/h3-4,7,10-11,14-16H,5-6,8-9H2,1-2H3,(H2,23,26,27,28)/t14-,15+,16+. The van der Waals surface area contributed by atoms with Gasteiger partial charge in [-0.05, 0) is 36.8 Å². The number of aromatic amines is 1. The van der Waals surface area contributed by atoms with Crippen molar-refractivity contribution in [1.29, 1.82) is 0 Å². The number of ether oxygens (including phenoxy) is 1. The molecule has 3 atom stereocenters. The number of nitrogens with zero attached hydrogens (tertiary/aromatic N) is 6. The second-order valence-corrected chi connectivity index (χ2v) is 8.72. The zero-order chi connectivity index (χ0) is 21.8. The number of pyridine rings is 1. The molecule has 0 unspecified atom stereocenters. The van der Waals surface area contributed by atoms with Gasteiger partial charge in [0.15, 0.2) is 5.65 Å². The number of H-pyrrole nitrogens is 1. The van der Waals surface area contributed by atoms with Crippen molar-refractivity contribution in [3.8, 4) is 17.0 Å². The lowest BCUT2D eigenvalue weighted by molar-refractivity contribution is -0.128. The lowest BCUT2D eigenvalue weighted by Crippen LogP contribution is -2.29. The van der Waals surface area contributed by atoms with E-state index in [1.54, 1.807) is 18.5 Å². The van der Waals surface area contributed by atoms with Crippen molar-refractivity contribution < 1.29 is 9.53 Å². The lowest BCUT2D eigenvalue weighted by atomic mass is 10.0. The molecule has 4 aromatic heterocycles. The number of fused-ring (bicyclic) bond motifs is 3. The SMILES string of the molecule is COc1nc(N[C@H]2C[C@@H]3CN(C(C)=O)C[C@@H]3C2)nc2[nH]cc(-c3ccc4ncnn4c3)c12. The summed E-state index contributed by atoms with van der Waals surface area (Å²) >= 11 is 0. The van der Waals surface area contributed by atoms with Crippen LogP contribution in [0, 0.1) is 11.8 Å². The molecular weight excluding hydrogens is 408 g/mol. The summed E-state index contributed by atoms with van der Waals surface area (Å²) in [5, 5.41) is 8.56. The van der Waals surface area contributed by atoms with Gasteiger partial charge in [0.25, 0.3) is 0 Å². The van der Waals surface area contributed by atoms with Crippen molar-refractivity contribution >= 4 is 28.5 Å². The molecule has 0 spiro atoms. The minimum Gasteiger partial charge on any atom is -0.480 e. The summed E-state index contributed by atoms with van der Waals surface area (Å²) in [6, 6.07) is 4.22. The van der Waals surface area contributed by atoms with Crippen LogP contribution < -0.4 is 10.1 Å². The van der Waals surface area contributed by atoms with Crippen molar-refractivity contribution in [3.05, 3.63) is 30.9 Å². The average Bonchev–Trinajstić information content (AvgIpc) is 3.54. The minimum absolute atomic E-state index is 0.174. The van der Waals surface area contributed by atoms with Crippen molar-refractivity contribution in [2.75, 3.05) is 25.5 Å². The van der Waals surface area contributed by atoms with Gasteiger partial charge in [-0.1, -0.05) is 0 Å². The van der Waals surface area contributed by atoms with Crippen LogP contribution in [0.5, 0.6) is 5.88 Å². The molecule has 0 aromatic carbocycles. The number of carbonyl (C=O) groups is 1. The quantitative estimate of drug-likeness (QED) is 0.509. The van der Waals surface area contributed by atoms with Gasteiger partial charge < -0.3 is 19.9 Å². The summed E-state index contributed by atoms with van der Waals surface area (Å²) < 4.78 is 7.39. The molecule has 4 aromatic rings. The predicted molar refractivity (Wildman–Crippen MR) is 118 cm³/mol. The Morgan fingerprint density at radius 3 is 2.78 bits per heavy atom. The molecule has 1 aliphatic carbocycles. The number of carbonyl (C=O) groups excluding carboxylic acids is 1. The fourth-order valence-corrected chi connectivity index (χ4v) is 5.27. The predicted octanol–water partition coefficient (Wildman–Crippen LogP) is 2.34. The Labute approximate surface area is 184 Å². The van der Waals surface area contributed by atoms with E-state index in [0.29, 0.717) is 35.4 Å². The Bertz CT molecular complexity index is 1310. The molecule has 164 valence electrons. The summed E-state index contributed by atoms with van der Waals surface area (Å²) in [6.45, 7) is 3.37. The van der Waals surface area contributed by atoms with Crippen molar-refractivity contribution in [2.24, 2.45) is 11.8 Å². The molecule has 1 saturated heterocycles. The maximum atomic E-state index is 11.7. The normalized spacial score (nSPS) is 22.6. The zero-order valence-corrected chi connectivity index (χ0v) is 17.9. The van der Waals surface area contributed by atoms with Crippen LogP contribution in [0.1, 0.15) is 19.8 Å². The number of amides is 1. The summed E-state index contributed by atoms with van der Waals surface area (Å²) in [5.41, 5.74) is 3.42. The highest BCUT2D eigenvalue weighted by molar-refractivity contribution is 5.97. The van der Waals surface area contributed by atoms with Crippen LogP contribution in [0.2, 0.25) is 0 Å². The third-order valence-corrected chi connectivity index (χ3v) is 6.81. The average molecular weight is 432 g/mol. The number of hydrogen-bond donors (Lipinski definition) is 2. The van der Waals surface area contributed by atoms with Crippen LogP contribution in [0.15, 0.2) is 30.9 Å². The summed E-state index contributed by atoms with van der Waals surface area (Å²) in [5.74, 6) is 2.35. The second-order valence-electron chi connectivity index (χ2n) is 8.72. The van der Waals surface area contributed by atoms with Crippen LogP contribution in [0.3, 0.4) is 0 Å². The van der Waals surface area contributed by atoms with Gasteiger partial charge >= 0.3 is 0 Å². The monoisotopic (exact) mass is 432 g/mol. The molecule has 5 heterocycles. The van der Waals surface area contributed by atoms with Crippen LogP contribution in [0.4, 0.5) is 5.95 Å². The number of methoxy groups -OCH3 is 1. The molecule has 1 saturated carbocycles. The van der Waals surface area contributed by atoms with E-state index in [0.717, 1.165) is 48.1 Å². The molecule has 0 radical (unpaired) electrons. The number of rotatable bonds is 4. The maximum absolute atomic E-state index is 11.7. The Balaban J connectivity index is 1.27. The van der Waals surface area contributed by atoms with E-state index in [9.17, 15) is 4.79 Å². The van der Waals surface area contributed by atoms with Gasteiger partial charge in [0.2, 0.25) is 17.7 Å². The number of hydrogen-bond acceptors (Lipinski definition) is 7. The van der Waals surface area contributed by atoms with Crippen molar-refractivity contribution in [2.45, 2.75) is 25.8 Å². The number of likely N-dealkylation sites (tertiary alicyclic amines) is 1. The van der Waals surface area contributed by atoms with Crippen molar-refractivity contribution in [1.82, 2.24) is 34.4 Å². The molecule has 10 heteroatoms. The highest BCUT2D eigenvalue weighted by Gasteiger charge is 2.41. The molecule has 32 heavy (non-hydrogen) atoms. The van der Waals surface area contributed by atoms with E-state index in [4.69, 9.17) is 9.72 Å². The summed E-state index contributed by atoms with van der Waals surface area (Å²) in [7, 11) is 1.62. The van der Waals surface area contributed by atoms with Gasteiger partial charge in [-0.15, -0.1) is 0 Å². The highest BCUT2D eigenvalue weighted by atomic mass is 16.5. The first-order chi connectivity index (χ1) is 15.6. The van der Waals surface area contributed by atoms with Gasteiger partial charge in [-0.25, -0.2) is 9.50 Å². The van der Waals surface area contributed by atoms with Gasteiger partial charge in [-0.3, -0.25) is 4.79 Å². The van der Waals surface area contributed by atoms with Crippen LogP contribution in [-0.4, -0.2) is 66.6 Å². The first kappa shape index (κ1) is 19.0. The van der Waals surface area contributed by atoms with E-state index < -0.39 is 0 Å². The van der Waals surface area contributed by atoms with E-state index in [1.807, 2.05) is 29.4 Å². The van der Waals surface area contributed by atoms with Gasteiger partial charge in [0.1, 0.15) is 12.0 Å². The largest absolute Gasteiger partial charge is 0.480 e. The van der Waals surface area contributed by atoms with Gasteiger partial charge in [-0.2, -0.15) is 15.1 Å². The molecule has 2 N–H and O–H groups in total. The highest BCUT2D eigenvalue weighted by Crippen LogP contribution is 2.40. The van der Waals surface area contributed by atoms with Gasteiger partial charge in [0, 0.05) is 49.6 Å². The van der Waals surface area contributed by atoms with E-state index in [1.165, 1.54) is 6.33 Å². The molecular formula is C22H24N8O2. The zero-order valence-electron chi connectivity index (χ0n) is 17.9. The van der Waals surface area contributed by atoms with Crippen LogP contribution in [0.25, 0.3) is 27.8 Å².